The van der Waals surface area contributed by atoms with Gasteiger partial charge in [0.05, 0.1) is 12.1 Å². The van der Waals surface area contributed by atoms with Crippen molar-refractivity contribution < 1.29 is 9.53 Å². The summed E-state index contributed by atoms with van der Waals surface area (Å²) in [5.74, 6) is 0.760. The van der Waals surface area contributed by atoms with Gasteiger partial charge in [-0.25, -0.2) is 15.0 Å². The number of nitrogens with one attached hydrogen (secondary N) is 1. The van der Waals surface area contributed by atoms with Gasteiger partial charge >= 0.3 is 0 Å². The smallest absolute Gasteiger partial charge is 0.212 e. The van der Waals surface area contributed by atoms with E-state index in [-0.39, 0.29) is 0 Å². The summed E-state index contributed by atoms with van der Waals surface area (Å²) in [5, 5.41) is 7.19. The van der Waals surface area contributed by atoms with Crippen molar-refractivity contribution in [1.82, 2.24) is 24.7 Å². The fourth-order valence-electron chi connectivity index (χ4n) is 2.98. The van der Waals surface area contributed by atoms with Crippen LogP contribution < -0.4 is 10.1 Å². The third-order valence-corrected chi connectivity index (χ3v) is 4.07. The zero-order chi connectivity index (χ0) is 20.8. The van der Waals surface area contributed by atoms with Gasteiger partial charge in [0.2, 0.25) is 6.41 Å². The lowest BCUT2D eigenvalue weighted by Crippen LogP contribution is -2.04. The van der Waals surface area contributed by atoms with Gasteiger partial charge in [0.25, 0.3) is 0 Å². The number of amides is 1. The monoisotopic (exact) mass is 390 g/mol. The maximum Gasteiger partial charge on any atom is 0.212 e. The number of hydrogen-bond acceptors (Lipinski definition) is 6. The van der Waals surface area contributed by atoms with Gasteiger partial charge in [0.1, 0.15) is 23.2 Å². The number of carbonyl (C=O) groups excluding carboxylic acids is 1. The number of ether oxygens (including phenoxy) is 1. The predicted octanol–water partition coefficient (Wildman–Crippen LogP) is 3.54. The van der Waals surface area contributed by atoms with E-state index >= 15 is 0 Å². The third-order valence-electron chi connectivity index (χ3n) is 4.07. The lowest BCUT2D eigenvalue weighted by atomic mass is 10.0. The number of carbonyl (C=O) groups is 1. The molecule has 0 saturated heterocycles. The summed E-state index contributed by atoms with van der Waals surface area (Å²) < 4.78 is 7.30. The Balaban J connectivity index is 2.28. The molecular weight excluding hydrogens is 368 g/mol. The molecule has 0 atom stereocenters. The summed E-state index contributed by atoms with van der Waals surface area (Å²) >= 11 is 0. The number of pyridine rings is 1. The largest absolute Gasteiger partial charge is 0.490 e. The lowest BCUT2D eigenvalue weighted by Gasteiger charge is -2.11. The maximum absolute atomic E-state index is 11.0. The number of anilines is 1. The van der Waals surface area contributed by atoms with Gasteiger partial charge in [-0.1, -0.05) is 30.9 Å². The summed E-state index contributed by atoms with van der Waals surface area (Å²) in [6.07, 6.45) is 11.4. The van der Waals surface area contributed by atoms with Crippen molar-refractivity contribution in [2.24, 2.45) is 7.05 Å². The molecule has 148 valence electrons. The van der Waals surface area contributed by atoms with E-state index in [4.69, 9.17) is 4.74 Å². The molecule has 3 aromatic heterocycles. The van der Waals surface area contributed by atoms with Crippen LogP contribution in [0.3, 0.4) is 0 Å². The Morgan fingerprint density at radius 2 is 2.21 bits per heavy atom. The first-order chi connectivity index (χ1) is 14.1. The van der Waals surface area contributed by atoms with Gasteiger partial charge in [-0.2, -0.15) is 5.10 Å². The molecule has 0 bridgehead atoms. The lowest BCUT2D eigenvalue weighted by molar-refractivity contribution is -0.105. The quantitative estimate of drug-likeness (QED) is 0.467. The van der Waals surface area contributed by atoms with Crippen molar-refractivity contribution in [2.45, 2.75) is 13.8 Å². The average molecular weight is 390 g/mol. The molecule has 3 heterocycles. The third kappa shape index (κ3) is 4.06. The SMILES string of the molecule is C=C/C=C(\C=C/C)c1nn(C)cc1-c1ncnc2cc(OCC)c(NC=O)nc12. The van der Waals surface area contributed by atoms with Crippen LogP contribution in [0.5, 0.6) is 5.75 Å². The Kier molecular flexibility index (Phi) is 6.13. The summed E-state index contributed by atoms with van der Waals surface area (Å²) in [7, 11) is 1.84. The van der Waals surface area contributed by atoms with Gasteiger partial charge in [0.15, 0.2) is 11.6 Å². The van der Waals surface area contributed by atoms with Crippen LogP contribution in [0.1, 0.15) is 19.5 Å². The van der Waals surface area contributed by atoms with Crippen LogP contribution in [-0.2, 0) is 11.8 Å². The standard InChI is InChI=1S/C21H22N6O2/c1-5-8-14(9-6-2)18-15(11-27(4)26-18)19-20-16(22-12-23-19)10-17(29-7-3)21(25-20)24-13-28/h5-6,8-13H,1,7H2,2-4H3,(H,24,25,28)/b9-6-,14-8+. The Bertz CT molecular complexity index is 1110. The van der Waals surface area contributed by atoms with Crippen molar-refractivity contribution in [1.29, 1.82) is 0 Å². The number of aryl methyl sites for hydroxylation is 1. The molecule has 0 aromatic carbocycles. The topological polar surface area (TPSA) is 94.8 Å². The van der Waals surface area contributed by atoms with E-state index in [1.165, 1.54) is 6.33 Å². The van der Waals surface area contributed by atoms with Gasteiger partial charge in [-0.05, 0) is 13.8 Å². The highest BCUT2D eigenvalue weighted by Crippen LogP contribution is 2.34. The highest BCUT2D eigenvalue weighted by molar-refractivity contribution is 5.95. The number of rotatable bonds is 8. The van der Waals surface area contributed by atoms with E-state index in [9.17, 15) is 4.79 Å². The van der Waals surface area contributed by atoms with Crippen molar-refractivity contribution in [3.63, 3.8) is 0 Å². The highest BCUT2D eigenvalue weighted by Gasteiger charge is 2.19. The molecule has 8 heteroatoms. The minimum Gasteiger partial charge on any atom is -0.490 e. The van der Waals surface area contributed by atoms with Crippen LogP contribution >= 0.6 is 0 Å². The van der Waals surface area contributed by atoms with E-state index in [0.717, 1.165) is 16.8 Å². The first-order valence-corrected chi connectivity index (χ1v) is 9.11. The Labute approximate surface area is 168 Å². The molecule has 0 aliphatic heterocycles. The molecule has 0 radical (unpaired) electrons. The van der Waals surface area contributed by atoms with E-state index < -0.39 is 0 Å². The maximum atomic E-state index is 11.0. The normalized spacial score (nSPS) is 11.8. The second-order valence-corrected chi connectivity index (χ2v) is 6.04. The molecule has 0 unspecified atom stereocenters. The summed E-state index contributed by atoms with van der Waals surface area (Å²) in [5.41, 5.74) is 4.17. The molecule has 0 aliphatic rings. The molecule has 1 N–H and O–H groups in total. The zero-order valence-electron chi connectivity index (χ0n) is 16.6. The summed E-state index contributed by atoms with van der Waals surface area (Å²) in [6, 6.07) is 1.74. The molecule has 0 saturated carbocycles. The molecule has 0 fully saturated rings. The minimum atomic E-state index is 0.311. The number of nitrogens with zero attached hydrogens (tertiary/aromatic N) is 5. The average Bonchev–Trinajstić information content (AvgIpc) is 3.09. The van der Waals surface area contributed by atoms with Crippen LogP contribution in [0.25, 0.3) is 27.9 Å². The predicted molar refractivity (Wildman–Crippen MR) is 113 cm³/mol. The molecule has 3 rings (SSSR count). The van der Waals surface area contributed by atoms with Gasteiger partial charge < -0.3 is 10.1 Å². The Morgan fingerprint density at radius 1 is 1.38 bits per heavy atom. The molecule has 0 spiro atoms. The van der Waals surface area contributed by atoms with E-state index in [0.29, 0.717) is 41.3 Å². The van der Waals surface area contributed by atoms with Gasteiger partial charge in [-0.3, -0.25) is 9.48 Å². The van der Waals surface area contributed by atoms with Crippen molar-refractivity contribution in [3.05, 3.63) is 55.2 Å². The molecule has 29 heavy (non-hydrogen) atoms. The fraction of sp³-hybridized carbons (Fsp3) is 0.190. The van der Waals surface area contributed by atoms with E-state index in [1.807, 2.05) is 45.3 Å². The van der Waals surface area contributed by atoms with E-state index in [2.05, 4.69) is 31.9 Å². The number of fused-ring (bicyclic) bond motifs is 1. The molecule has 1 amide bonds. The zero-order valence-corrected chi connectivity index (χ0v) is 16.6. The van der Waals surface area contributed by atoms with Crippen molar-refractivity contribution in [2.75, 3.05) is 11.9 Å². The number of hydrogen-bond donors (Lipinski definition) is 1. The van der Waals surface area contributed by atoms with E-state index in [1.54, 1.807) is 16.8 Å². The molecule has 3 aromatic rings. The first-order valence-electron chi connectivity index (χ1n) is 9.11. The second kappa shape index (κ2) is 8.92. The van der Waals surface area contributed by atoms with Crippen molar-refractivity contribution in [3.8, 4) is 17.0 Å². The fourth-order valence-corrected chi connectivity index (χ4v) is 2.98. The van der Waals surface area contributed by atoms with Crippen LogP contribution in [0.2, 0.25) is 0 Å². The highest BCUT2D eigenvalue weighted by atomic mass is 16.5. The summed E-state index contributed by atoms with van der Waals surface area (Å²) in [4.78, 5) is 24.4. The van der Waals surface area contributed by atoms with Crippen LogP contribution in [-0.4, -0.2) is 37.7 Å². The molecular formula is C21H22N6O2. The minimum absolute atomic E-state index is 0.311. The Morgan fingerprint density at radius 3 is 2.90 bits per heavy atom. The number of aromatic nitrogens is 5. The molecule has 0 aliphatic carbocycles. The van der Waals surface area contributed by atoms with Gasteiger partial charge in [-0.15, -0.1) is 0 Å². The number of allylic oxidation sites excluding steroid dienone is 5. The van der Waals surface area contributed by atoms with Crippen LogP contribution in [0, 0.1) is 0 Å². The van der Waals surface area contributed by atoms with Crippen LogP contribution in [0.15, 0.2) is 49.5 Å². The molecule has 8 nitrogen and oxygen atoms in total. The second-order valence-electron chi connectivity index (χ2n) is 6.04. The Hall–Kier alpha value is -3.81. The van der Waals surface area contributed by atoms with Crippen LogP contribution in [0.4, 0.5) is 5.82 Å². The van der Waals surface area contributed by atoms with Gasteiger partial charge in [0, 0.05) is 30.4 Å². The summed E-state index contributed by atoms with van der Waals surface area (Å²) in [6.45, 7) is 8.02. The first kappa shape index (κ1) is 19.9. The van der Waals surface area contributed by atoms with Crippen molar-refractivity contribution >= 4 is 28.8 Å².